The van der Waals surface area contributed by atoms with Crippen molar-refractivity contribution in [1.29, 1.82) is 0 Å². The lowest BCUT2D eigenvalue weighted by atomic mass is 10.2. The average Bonchev–Trinajstić information content (AvgIpc) is 2.43. The Balaban J connectivity index is 2.44. The minimum atomic E-state index is -3.78. The van der Waals surface area contributed by atoms with Gasteiger partial charge in [0, 0.05) is 15.1 Å². The van der Waals surface area contributed by atoms with Crippen molar-refractivity contribution in [2.75, 3.05) is 4.72 Å². The Hall–Kier alpha value is -0.960. The second-order valence-electron chi connectivity index (χ2n) is 4.33. The van der Waals surface area contributed by atoms with Crippen molar-refractivity contribution in [3.8, 4) is 0 Å². The maximum Gasteiger partial charge on any atom is 0.263 e. The van der Waals surface area contributed by atoms with E-state index in [0.717, 1.165) is 4.47 Å². The minimum Gasteiger partial charge on any atom is -0.392 e. The lowest BCUT2D eigenvalue weighted by Gasteiger charge is -2.12. The monoisotopic (exact) mass is 434 g/mol. The second-order valence-corrected chi connectivity index (χ2v) is 7.75. The van der Waals surface area contributed by atoms with Crippen LogP contribution in [-0.2, 0) is 16.6 Å². The van der Waals surface area contributed by atoms with Gasteiger partial charge in [-0.3, -0.25) is 4.72 Å². The smallest absolute Gasteiger partial charge is 0.263 e. The molecule has 0 unspecified atom stereocenters. The van der Waals surface area contributed by atoms with Gasteiger partial charge in [0.15, 0.2) is 0 Å². The van der Waals surface area contributed by atoms with Gasteiger partial charge in [-0.1, -0.05) is 15.9 Å². The molecule has 2 aromatic rings. The Labute approximate surface area is 139 Å². The van der Waals surface area contributed by atoms with Gasteiger partial charge in [0.2, 0.25) is 0 Å². The zero-order valence-corrected chi connectivity index (χ0v) is 15.0. The number of sulfonamides is 1. The Bertz CT molecular complexity index is 762. The average molecular weight is 436 g/mol. The fourth-order valence-corrected chi connectivity index (χ4v) is 3.91. The van der Waals surface area contributed by atoms with Gasteiger partial charge in [-0.05, 0) is 58.2 Å². The van der Waals surface area contributed by atoms with Gasteiger partial charge in [-0.15, -0.1) is 0 Å². The van der Waals surface area contributed by atoms with E-state index in [0.29, 0.717) is 15.6 Å². The topological polar surface area (TPSA) is 79.3 Å². The van der Waals surface area contributed by atoms with Crippen molar-refractivity contribution in [3.05, 3.63) is 50.5 Å². The van der Waals surface area contributed by atoms with E-state index in [-0.39, 0.29) is 17.3 Å². The Morgan fingerprint density at radius 1 is 1.29 bits per heavy atom. The van der Waals surface area contributed by atoms with E-state index in [9.17, 15) is 13.5 Å². The number of rotatable bonds is 4. The van der Waals surface area contributed by atoms with Crippen LogP contribution in [0.5, 0.6) is 0 Å². The predicted octanol–water partition coefficient (Wildman–Crippen LogP) is 3.21. The number of nitrogens with one attached hydrogen (secondary N) is 1. The Kier molecular flexibility index (Phi) is 5.03. The third-order valence-corrected chi connectivity index (χ3v) is 5.57. The summed E-state index contributed by atoms with van der Waals surface area (Å²) in [6.45, 7) is 1.45. The molecule has 0 atom stereocenters. The lowest BCUT2D eigenvalue weighted by Crippen LogP contribution is -2.15. The summed E-state index contributed by atoms with van der Waals surface area (Å²) in [5.41, 5.74) is 1.08. The van der Waals surface area contributed by atoms with E-state index in [4.69, 9.17) is 0 Å². The third-order valence-electron chi connectivity index (χ3n) is 2.79. The molecule has 0 saturated carbocycles. The Morgan fingerprint density at radius 3 is 2.57 bits per heavy atom. The number of anilines is 1. The van der Waals surface area contributed by atoms with Crippen molar-refractivity contribution in [3.63, 3.8) is 0 Å². The SMILES string of the molecule is Cc1c(Br)cc(CO)cc1S(=O)(=O)Nc1ccc(Br)cn1. The van der Waals surface area contributed by atoms with Crippen molar-refractivity contribution in [2.24, 2.45) is 0 Å². The summed E-state index contributed by atoms with van der Waals surface area (Å²) in [6, 6.07) is 6.38. The van der Waals surface area contributed by atoms with Crippen LogP contribution in [0.25, 0.3) is 0 Å². The molecule has 0 amide bonds. The maximum absolute atomic E-state index is 12.5. The van der Waals surface area contributed by atoms with Gasteiger partial charge in [0.05, 0.1) is 11.5 Å². The zero-order chi connectivity index (χ0) is 15.6. The lowest BCUT2D eigenvalue weighted by molar-refractivity contribution is 0.281. The number of nitrogens with zero attached hydrogens (tertiary/aromatic N) is 1. The highest BCUT2D eigenvalue weighted by Crippen LogP contribution is 2.27. The van der Waals surface area contributed by atoms with Crippen molar-refractivity contribution >= 4 is 47.7 Å². The zero-order valence-electron chi connectivity index (χ0n) is 11.0. The van der Waals surface area contributed by atoms with Gasteiger partial charge in [0.1, 0.15) is 5.82 Å². The molecule has 0 aliphatic carbocycles. The number of hydrogen-bond acceptors (Lipinski definition) is 4. The van der Waals surface area contributed by atoms with Crippen LogP contribution < -0.4 is 4.72 Å². The van der Waals surface area contributed by atoms with Crippen LogP contribution in [0.15, 0.2) is 44.3 Å². The number of aromatic nitrogens is 1. The van der Waals surface area contributed by atoms with E-state index in [2.05, 4.69) is 41.6 Å². The van der Waals surface area contributed by atoms with E-state index in [1.165, 1.54) is 12.3 Å². The number of benzene rings is 1. The standard InChI is InChI=1S/C13H12Br2N2O3S/c1-8-11(15)4-9(7-18)5-12(8)21(19,20)17-13-3-2-10(14)6-16-13/h2-6,18H,7H2,1H3,(H,16,17). The summed E-state index contributed by atoms with van der Waals surface area (Å²) in [5, 5.41) is 9.21. The maximum atomic E-state index is 12.5. The van der Waals surface area contributed by atoms with Gasteiger partial charge in [0.25, 0.3) is 10.0 Å². The summed E-state index contributed by atoms with van der Waals surface area (Å²) >= 11 is 6.54. The molecule has 1 aromatic carbocycles. The van der Waals surface area contributed by atoms with Gasteiger partial charge in [-0.2, -0.15) is 0 Å². The minimum absolute atomic E-state index is 0.102. The number of aliphatic hydroxyl groups excluding tert-OH is 1. The molecule has 2 rings (SSSR count). The molecule has 0 fully saturated rings. The number of halogens is 2. The van der Waals surface area contributed by atoms with E-state index < -0.39 is 10.0 Å². The number of hydrogen-bond donors (Lipinski definition) is 2. The first kappa shape index (κ1) is 16.4. The molecule has 0 aliphatic rings. The highest BCUT2D eigenvalue weighted by molar-refractivity contribution is 9.10. The van der Waals surface area contributed by atoms with E-state index in [1.54, 1.807) is 25.1 Å². The largest absolute Gasteiger partial charge is 0.392 e. The van der Waals surface area contributed by atoms with Gasteiger partial charge >= 0.3 is 0 Å². The van der Waals surface area contributed by atoms with Crippen LogP contribution in [0.4, 0.5) is 5.82 Å². The number of aliphatic hydroxyl groups is 1. The highest BCUT2D eigenvalue weighted by atomic mass is 79.9. The van der Waals surface area contributed by atoms with Crippen LogP contribution in [-0.4, -0.2) is 18.5 Å². The Morgan fingerprint density at radius 2 is 2.00 bits per heavy atom. The number of pyridine rings is 1. The fraction of sp³-hybridized carbons (Fsp3) is 0.154. The van der Waals surface area contributed by atoms with Crippen LogP contribution in [0, 0.1) is 6.92 Å². The third kappa shape index (κ3) is 3.82. The van der Waals surface area contributed by atoms with Gasteiger partial charge in [-0.25, -0.2) is 13.4 Å². The molecule has 0 aliphatic heterocycles. The van der Waals surface area contributed by atoms with Crippen LogP contribution >= 0.6 is 31.9 Å². The first-order valence-electron chi connectivity index (χ1n) is 5.88. The fourth-order valence-electron chi connectivity index (χ4n) is 1.71. The quantitative estimate of drug-likeness (QED) is 0.772. The molecule has 0 bridgehead atoms. The van der Waals surface area contributed by atoms with Gasteiger partial charge < -0.3 is 5.11 Å². The summed E-state index contributed by atoms with van der Waals surface area (Å²) in [5.74, 6) is 0.225. The molecule has 112 valence electrons. The second kappa shape index (κ2) is 6.43. The molecular formula is C13H12Br2N2O3S. The van der Waals surface area contributed by atoms with Crippen molar-refractivity contribution in [2.45, 2.75) is 18.4 Å². The van der Waals surface area contributed by atoms with Crippen LogP contribution in [0.2, 0.25) is 0 Å². The molecule has 2 N–H and O–H groups in total. The first-order valence-corrected chi connectivity index (χ1v) is 8.94. The predicted molar refractivity (Wildman–Crippen MR) is 87.5 cm³/mol. The van der Waals surface area contributed by atoms with Crippen molar-refractivity contribution < 1.29 is 13.5 Å². The molecule has 21 heavy (non-hydrogen) atoms. The summed E-state index contributed by atoms with van der Waals surface area (Å²) in [6.07, 6.45) is 1.50. The summed E-state index contributed by atoms with van der Waals surface area (Å²) < 4.78 is 28.7. The molecular weight excluding hydrogens is 424 g/mol. The van der Waals surface area contributed by atoms with Crippen LogP contribution in [0.3, 0.4) is 0 Å². The molecule has 0 saturated heterocycles. The summed E-state index contributed by atoms with van der Waals surface area (Å²) in [4.78, 5) is 4.09. The highest BCUT2D eigenvalue weighted by Gasteiger charge is 2.20. The first-order chi connectivity index (χ1) is 9.83. The van der Waals surface area contributed by atoms with E-state index >= 15 is 0 Å². The molecule has 1 heterocycles. The molecule has 5 nitrogen and oxygen atoms in total. The molecule has 0 spiro atoms. The van der Waals surface area contributed by atoms with Crippen LogP contribution in [0.1, 0.15) is 11.1 Å². The summed E-state index contributed by atoms with van der Waals surface area (Å²) in [7, 11) is -3.78. The van der Waals surface area contributed by atoms with Crippen molar-refractivity contribution in [1.82, 2.24) is 4.98 Å². The molecule has 8 heteroatoms. The molecule has 0 radical (unpaired) electrons. The normalized spacial score (nSPS) is 11.4. The molecule has 1 aromatic heterocycles. The van der Waals surface area contributed by atoms with E-state index in [1.807, 2.05) is 0 Å².